The van der Waals surface area contributed by atoms with Gasteiger partial charge in [-0.1, -0.05) is 20.8 Å². The number of ether oxygens (including phenoxy) is 1. The number of aliphatic carboxylic acids is 1. The zero-order chi connectivity index (χ0) is 24.7. The maximum absolute atomic E-state index is 12.6. The van der Waals surface area contributed by atoms with E-state index in [-0.39, 0.29) is 12.4 Å². The predicted molar refractivity (Wildman–Crippen MR) is 120 cm³/mol. The molecule has 0 aliphatic heterocycles. The Bertz CT molecular complexity index is 884. The molecule has 0 saturated carbocycles. The number of carbonyl (C=O) groups excluding carboxylic acids is 2. The maximum atomic E-state index is 12.6. The fraction of sp³-hybridized carbons (Fsp3) is 0.667. The van der Waals surface area contributed by atoms with Crippen LogP contribution in [0.5, 0.6) is 0 Å². The van der Waals surface area contributed by atoms with Gasteiger partial charge in [0.2, 0.25) is 5.95 Å². The van der Waals surface area contributed by atoms with Crippen molar-refractivity contribution in [3.63, 3.8) is 0 Å². The van der Waals surface area contributed by atoms with Gasteiger partial charge in [0.1, 0.15) is 11.1 Å². The second-order valence-corrected chi connectivity index (χ2v) is 9.68. The number of amides is 3. The lowest BCUT2D eigenvalue weighted by molar-refractivity contribution is -0.149. The molecule has 1 aromatic heterocycles. The lowest BCUT2D eigenvalue weighted by Crippen LogP contribution is -2.63. The molecule has 32 heavy (non-hydrogen) atoms. The fourth-order valence-corrected chi connectivity index (χ4v) is 3.10. The Morgan fingerprint density at radius 3 is 2.25 bits per heavy atom. The molecular formula is C21H35N5O6. The number of alkyl carbamates (subject to hydrolysis) is 1. The third kappa shape index (κ3) is 8.20. The van der Waals surface area contributed by atoms with Crippen LogP contribution in [-0.4, -0.2) is 50.9 Å². The van der Waals surface area contributed by atoms with Crippen LogP contribution in [0, 0.1) is 12.3 Å². The van der Waals surface area contributed by atoms with E-state index in [0.717, 1.165) is 0 Å². The molecule has 1 rings (SSSR count). The first-order valence-corrected chi connectivity index (χ1v) is 10.4. The number of carboxylic acid groups (broad SMARTS) is 1. The third-order valence-corrected chi connectivity index (χ3v) is 4.73. The van der Waals surface area contributed by atoms with Crippen molar-refractivity contribution in [3.8, 4) is 0 Å². The number of aryl methyl sites for hydroxylation is 1. The number of aromatic nitrogens is 2. The molecule has 0 radical (unpaired) electrons. The average molecular weight is 454 g/mol. The Kier molecular flexibility index (Phi) is 8.81. The number of hydrogen-bond donors (Lipinski definition) is 5. The molecule has 0 aliphatic rings. The van der Waals surface area contributed by atoms with Gasteiger partial charge in [0.25, 0.3) is 5.56 Å². The van der Waals surface area contributed by atoms with E-state index in [1.807, 2.05) is 0 Å². The van der Waals surface area contributed by atoms with Crippen LogP contribution in [0.1, 0.15) is 66.5 Å². The number of H-pyrrole nitrogens is 1. The molecule has 1 heterocycles. The topological polar surface area (TPSA) is 163 Å². The van der Waals surface area contributed by atoms with Crippen LogP contribution in [0.4, 0.5) is 15.5 Å². The Labute approximate surface area is 187 Å². The van der Waals surface area contributed by atoms with Crippen molar-refractivity contribution >= 4 is 24.0 Å². The highest BCUT2D eigenvalue weighted by molar-refractivity contribution is 5.93. The molecule has 0 saturated heterocycles. The van der Waals surface area contributed by atoms with E-state index in [4.69, 9.17) is 4.74 Å². The number of carboxylic acids is 1. The number of carbonyl (C=O) groups is 3. The van der Waals surface area contributed by atoms with E-state index < -0.39 is 40.2 Å². The van der Waals surface area contributed by atoms with Crippen molar-refractivity contribution in [1.29, 1.82) is 0 Å². The molecule has 3 amide bonds. The number of hydrogen-bond acceptors (Lipinski definition) is 6. The summed E-state index contributed by atoms with van der Waals surface area (Å²) in [5.41, 5.74) is -3.09. The molecule has 11 nitrogen and oxygen atoms in total. The Hall–Kier alpha value is -3.11. The molecule has 0 aliphatic carbocycles. The molecule has 5 N–H and O–H groups in total. The number of urea groups is 1. The van der Waals surface area contributed by atoms with E-state index in [1.54, 1.807) is 48.5 Å². The predicted octanol–water partition coefficient (Wildman–Crippen LogP) is 2.76. The summed E-state index contributed by atoms with van der Waals surface area (Å²) < 4.78 is 5.16. The quantitative estimate of drug-likeness (QED) is 0.378. The summed E-state index contributed by atoms with van der Waals surface area (Å²) >= 11 is 0. The molecule has 0 aromatic carbocycles. The molecular weight excluding hydrogens is 418 g/mol. The Morgan fingerprint density at radius 1 is 1.12 bits per heavy atom. The monoisotopic (exact) mass is 453 g/mol. The summed E-state index contributed by atoms with van der Waals surface area (Å²) in [6.07, 6.45) is 0.474. The number of unbranched alkanes of at least 4 members (excludes halogenated alkanes) is 1. The average Bonchev–Trinajstić information content (AvgIpc) is 2.56. The van der Waals surface area contributed by atoms with Crippen LogP contribution in [0.3, 0.4) is 0 Å². The lowest BCUT2D eigenvalue weighted by atomic mass is 9.70. The van der Waals surface area contributed by atoms with E-state index in [1.165, 1.54) is 6.07 Å². The largest absolute Gasteiger partial charge is 0.479 e. The lowest BCUT2D eigenvalue weighted by Gasteiger charge is -2.41. The van der Waals surface area contributed by atoms with Crippen molar-refractivity contribution in [3.05, 3.63) is 22.1 Å². The molecule has 0 bridgehead atoms. The van der Waals surface area contributed by atoms with Crippen LogP contribution < -0.4 is 21.5 Å². The van der Waals surface area contributed by atoms with Gasteiger partial charge in [0.15, 0.2) is 0 Å². The molecule has 0 unspecified atom stereocenters. The zero-order valence-corrected chi connectivity index (χ0v) is 19.8. The van der Waals surface area contributed by atoms with Crippen molar-refractivity contribution in [2.45, 2.75) is 78.9 Å². The fourth-order valence-electron chi connectivity index (χ4n) is 3.10. The van der Waals surface area contributed by atoms with Crippen LogP contribution >= 0.6 is 0 Å². The highest BCUT2D eigenvalue weighted by Gasteiger charge is 2.49. The first-order chi connectivity index (χ1) is 14.6. The summed E-state index contributed by atoms with van der Waals surface area (Å²) in [4.78, 5) is 54.5. The van der Waals surface area contributed by atoms with Crippen molar-refractivity contribution < 1.29 is 24.2 Å². The van der Waals surface area contributed by atoms with Gasteiger partial charge in [0, 0.05) is 18.3 Å². The summed E-state index contributed by atoms with van der Waals surface area (Å²) in [5.74, 6) is -1.27. The number of anilines is 1. The van der Waals surface area contributed by atoms with Gasteiger partial charge >= 0.3 is 18.1 Å². The second-order valence-electron chi connectivity index (χ2n) is 9.68. The van der Waals surface area contributed by atoms with E-state index in [2.05, 4.69) is 25.9 Å². The van der Waals surface area contributed by atoms with Gasteiger partial charge in [0.05, 0.1) is 0 Å². The molecule has 11 heteroatoms. The molecule has 0 spiro atoms. The number of aromatic amines is 1. The first kappa shape index (κ1) is 26.9. The smallest absolute Gasteiger partial charge is 0.407 e. The van der Waals surface area contributed by atoms with Crippen molar-refractivity contribution in [2.75, 3.05) is 11.9 Å². The molecule has 1 aromatic rings. The number of nitrogens with zero attached hydrogens (tertiary/aromatic N) is 1. The van der Waals surface area contributed by atoms with Gasteiger partial charge in [-0.2, -0.15) is 4.98 Å². The van der Waals surface area contributed by atoms with Gasteiger partial charge < -0.3 is 25.5 Å². The zero-order valence-electron chi connectivity index (χ0n) is 19.8. The summed E-state index contributed by atoms with van der Waals surface area (Å²) in [6.45, 7) is 12.4. The molecule has 0 fully saturated rings. The van der Waals surface area contributed by atoms with Crippen molar-refractivity contribution in [2.24, 2.45) is 5.41 Å². The minimum absolute atomic E-state index is 0.0812. The minimum atomic E-state index is -1.60. The Morgan fingerprint density at radius 2 is 1.75 bits per heavy atom. The molecule has 1 atom stereocenters. The summed E-state index contributed by atoms with van der Waals surface area (Å²) in [6, 6.07) is 0.466. The van der Waals surface area contributed by atoms with Gasteiger partial charge in [-0.05, 0) is 52.4 Å². The molecule has 180 valence electrons. The van der Waals surface area contributed by atoms with Crippen LogP contribution in [0.15, 0.2) is 10.9 Å². The van der Waals surface area contributed by atoms with Crippen LogP contribution in [0.25, 0.3) is 0 Å². The van der Waals surface area contributed by atoms with E-state index in [0.29, 0.717) is 25.1 Å². The highest BCUT2D eigenvalue weighted by atomic mass is 16.6. The second kappa shape index (κ2) is 10.5. The van der Waals surface area contributed by atoms with Gasteiger partial charge in [-0.25, -0.2) is 14.4 Å². The van der Waals surface area contributed by atoms with Crippen LogP contribution in [-0.2, 0) is 9.53 Å². The van der Waals surface area contributed by atoms with E-state index >= 15 is 0 Å². The normalized spacial score (nSPS) is 13.6. The Balaban J connectivity index is 2.82. The van der Waals surface area contributed by atoms with Gasteiger partial charge in [-0.15, -0.1) is 0 Å². The van der Waals surface area contributed by atoms with Gasteiger partial charge in [-0.3, -0.25) is 10.1 Å². The first-order valence-electron chi connectivity index (χ1n) is 10.4. The summed E-state index contributed by atoms with van der Waals surface area (Å²) in [7, 11) is 0. The SMILES string of the molecule is Cc1cc(=O)nc(NC(=O)N[C@](CCCCNC(=O)OC(C)(C)C)(C(=O)O)C(C)(C)C)[nH]1. The highest BCUT2D eigenvalue weighted by Crippen LogP contribution is 2.35. The van der Waals surface area contributed by atoms with Crippen LogP contribution in [0.2, 0.25) is 0 Å². The standard InChI is InChI=1S/C21H35N5O6/c1-13-12-14(27)24-16(23-13)25-17(30)26-21(15(28)29,19(2,3)4)10-8-9-11-22-18(31)32-20(5,6)7/h12H,8-11H2,1-7H3,(H,22,31)(H,28,29)(H3,23,24,25,26,27,30)/t21-/m1/s1. The minimum Gasteiger partial charge on any atom is -0.479 e. The number of rotatable bonds is 8. The van der Waals surface area contributed by atoms with E-state index in [9.17, 15) is 24.3 Å². The maximum Gasteiger partial charge on any atom is 0.407 e. The third-order valence-electron chi connectivity index (χ3n) is 4.73. The van der Waals surface area contributed by atoms with Crippen molar-refractivity contribution in [1.82, 2.24) is 20.6 Å². The summed E-state index contributed by atoms with van der Waals surface area (Å²) in [5, 5.41) is 17.6. The number of nitrogens with one attached hydrogen (secondary N) is 4.